The summed E-state index contributed by atoms with van der Waals surface area (Å²) >= 11 is 0. The van der Waals surface area contributed by atoms with Gasteiger partial charge in [-0.15, -0.1) is 0 Å². The standard InChI is InChI=1S/C19H30N4O3/c20-13-7-2-1-3-8-14-22-19(26)16(11-12-17(21)24)23-18(25)15-9-5-4-6-10-15/h4-6,9-10,16H,1-3,7-8,11-14,20H2,(H2,21,24)(H,22,26)(H,23,25). The molecule has 0 spiro atoms. The number of primary amides is 1. The fourth-order valence-corrected chi connectivity index (χ4v) is 2.52. The summed E-state index contributed by atoms with van der Waals surface area (Å²) in [4.78, 5) is 35.7. The van der Waals surface area contributed by atoms with Gasteiger partial charge in [0.1, 0.15) is 6.04 Å². The number of benzene rings is 1. The van der Waals surface area contributed by atoms with Gasteiger partial charge >= 0.3 is 0 Å². The fraction of sp³-hybridized carbons (Fsp3) is 0.526. The largest absolute Gasteiger partial charge is 0.370 e. The number of nitrogens with one attached hydrogen (secondary N) is 2. The molecular weight excluding hydrogens is 332 g/mol. The van der Waals surface area contributed by atoms with Gasteiger partial charge in [0.25, 0.3) is 5.91 Å². The van der Waals surface area contributed by atoms with Crippen molar-refractivity contribution in [1.82, 2.24) is 10.6 Å². The van der Waals surface area contributed by atoms with Crippen LogP contribution in [-0.4, -0.2) is 36.9 Å². The average Bonchev–Trinajstić information content (AvgIpc) is 2.64. The number of nitrogens with two attached hydrogens (primary N) is 2. The summed E-state index contributed by atoms with van der Waals surface area (Å²) in [6.07, 6.45) is 5.30. The Hall–Kier alpha value is -2.41. The highest BCUT2D eigenvalue weighted by molar-refractivity contribution is 5.97. The molecule has 0 aromatic heterocycles. The van der Waals surface area contributed by atoms with E-state index in [9.17, 15) is 14.4 Å². The molecule has 0 radical (unpaired) electrons. The number of unbranched alkanes of at least 4 members (excludes halogenated alkanes) is 4. The third-order valence-electron chi connectivity index (χ3n) is 4.02. The Morgan fingerprint density at radius 1 is 0.962 bits per heavy atom. The zero-order chi connectivity index (χ0) is 19.2. The van der Waals surface area contributed by atoms with Crippen molar-refractivity contribution < 1.29 is 14.4 Å². The minimum absolute atomic E-state index is 0.0340. The van der Waals surface area contributed by atoms with Crippen LogP contribution in [0.4, 0.5) is 0 Å². The lowest BCUT2D eigenvalue weighted by molar-refractivity contribution is -0.123. The van der Waals surface area contributed by atoms with Gasteiger partial charge in [-0.1, -0.05) is 37.5 Å². The van der Waals surface area contributed by atoms with E-state index in [-0.39, 0.29) is 24.7 Å². The summed E-state index contributed by atoms with van der Waals surface area (Å²) in [7, 11) is 0. The van der Waals surface area contributed by atoms with Gasteiger partial charge in [0.2, 0.25) is 11.8 Å². The predicted octanol–water partition coefficient (Wildman–Crippen LogP) is 1.08. The highest BCUT2D eigenvalue weighted by Crippen LogP contribution is 2.04. The van der Waals surface area contributed by atoms with Gasteiger partial charge in [-0.05, 0) is 37.9 Å². The molecule has 1 atom stereocenters. The summed E-state index contributed by atoms with van der Waals surface area (Å²) in [5.41, 5.74) is 11.1. The zero-order valence-corrected chi connectivity index (χ0v) is 15.2. The van der Waals surface area contributed by atoms with Crippen molar-refractivity contribution in [2.45, 2.75) is 51.0 Å². The summed E-state index contributed by atoms with van der Waals surface area (Å²) in [5, 5.41) is 5.51. The Balaban J connectivity index is 2.46. The Labute approximate surface area is 154 Å². The Kier molecular flexibility index (Phi) is 10.7. The van der Waals surface area contributed by atoms with Crippen LogP contribution in [0.25, 0.3) is 0 Å². The van der Waals surface area contributed by atoms with E-state index in [0.29, 0.717) is 18.7 Å². The Bertz CT molecular complexity index is 563. The number of carbonyl (C=O) groups excluding carboxylic acids is 3. The number of hydrogen-bond acceptors (Lipinski definition) is 4. The monoisotopic (exact) mass is 362 g/mol. The molecule has 0 saturated heterocycles. The van der Waals surface area contributed by atoms with Gasteiger partial charge in [0.05, 0.1) is 0 Å². The minimum Gasteiger partial charge on any atom is -0.370 e. The van der Waals surface area contributed by atoms with E-state index in [1.807, 2.05) is 6.07 Å². The first-order chi connectivity index (χ1) is 12.5. The predicted molar refractivity (Wildman–Crippen MR) is 101 cm³/mol. The number of hydrogen-bond donors (Lipinski definition) is 4. The van der Waals surface area contributed by atoms with E-state index < -0.39 is 11.9 Å². The van der Waals surface area contributed by atoms with Gasteiger partial charge in [0.15, 0.2) is 0 Å². The fourth-order valence-electron chi connectivity index (χ4n) is 2.52. The Morgan fingerprint density at radius 2 is 1.62 bits per heavy atom. The first-order valence-corrected chi connectivity index (χ1v) is 9.16. The smallest absolute Gasteiger partial charge is 0.251 e. The van der Waals surface area contributed by atoms with Crippen molar-refractivity contribution in [3.63, 3.8) is 0 Å². The molecule has 0 bridgehead atoms. The highest BCUT2D eigenvalue weighted by Gasteiger charge is 2.21. The van der Waals surface area contributed by atoms with E-state index in [4.69, 9.17) is 11.5 Å². The van der Waals surface area contributed by atoms with Gasteiger partial charge in [-0.2, -0.15) is 0 Å². The molecule has 144 valence electrons. The second kappa shape index (κ2) is 12.9. The van der Waals surface area contributed by atoms with E-state index in [2.05, 4.69) is 10.6 Å². The maximum Gasteiger partial charge on any atom is 0.251 e. The van der Waals surface area contributed by atoms with Crippen LogP contribution in [0.3, 0.4) is 0 Å². The molecule has 7 heteroatoms. The highest BCUT2D eigenvalue weighted by atomic mass is 16.2. The normalized spacial score (nSPS) is 11.6. The third kappa shape index (κ3) is 9.17. The van der Waals surface area contributed by atoms with Gasteiger partial charge < -0.3 is 22.1 Å². The Morgan fingerprint density at radius 3 is 2.27 bits per heavy atom. The van der Waals surface area contributed by atoms with Gasteiger partial charge in [-0.25, -0.2) is 0 Å². The molecule has 0 fully saturated rings. The van der Waals surface area contributed by atoms with E-state index in [1.165, 1.54) is 0 Å². The first kappa shape index (κ1) is 21.6. The van der Waals surface area contributed by atoms with Crippen molar-refractivity contribution in [2.75, 3.05) is 13.1 Å². The van der Waals surface area contributed by atoms with Crippen LogP contribution in [0.1, 0.15) is 55.3 Å². The molecule has 0 aliphatic rings. The van der Waals surface area contributed by atoms with E-state index in [1.54, 1.807) is 24.3 Å². The van der Waals surface area contributed by atoms with Crippen molar-refractivity contribution in [2.24, 2.45) is 11.5 Å². The van der Waals surface area contributed by atoms with Crippen LogP contribution in [-0.2, 0) is 9.59 Å². The minimum atomic E-state index is -0.785. The summed E-state index contributed by atoms with van der Waals surface area (Å²) in [6, 6.07) is 7.85. The maximum absolute atomic E-state index is 12.4. The van der Waals surface area contributed by atoms with Crippen molar-refractivity contribution in [3.05, 3.63) is 35.9 Å². The molecular formula is C19H30N4O3. The molecule has 1 aromatic carbocycles. The quantitative estimate of drug-likeness (QED) is 0.391. The molecule has 1 aromatic rings. The molecule has 3 amide bonds. The van der Waals surface area contributed by atoms with Crippen LogP contribution in [0.2, 0.25) is 0 Å². The second-order valence-corrected chi connectivity index (χ2v) is 6.24. The number of carbonyl (C=O) groups is 3. The first-order valence-electron chi connectivity index (χ1n) is 9.16. The molecule has 26 heavy (non-hydrogen) atoms. The van der Waals surface area contributed by atoms with Crippen LogP contribution in [0, 0.1) is 0 Å². The summed E-state index contributed by atoms with van der Waals surface area (Å²) in [6.45, 7) is 1.25. The lowest BCUT2D eigenvalue weighted by Crippen LogP contribution is -2.47. The van der Waals surface area contributed by atoms with Crippen molar-refractivity contribution >= 4 is 17.7 Å². The number of rotatable bonds is 13. The van der Waals surface area contributed by atoms with Gasteiger partial charge in [-0.3, -0.25) is 14.4 Å². The number of amides is 3. The van der Waals surface area contributed by atoms with Crippen LogP contribution in [0.15, 0.2) is 30.3 Å². The van der Waals surface area contributed by atoms with Gasteiger partial charge in [0, 0.05) is 18.5 Å². The molecule has 1 rings (SSSR count). The van der Waals surface area contributed by atoms with E-state index in [0.717, 1.165) is 32.1 Å². The molecule has 0 heterocycles. The molecule has 0 aliphatic heterocycles. The molecule has 7 nitrogen and oxygen atoms in total. The second-order valence-electron chi connectivity index (χ2n) is 6.24. The van der Waals surface area contributed by atoms with Crippen LogP contribution >= 0.6 is 0 Å². The molecule has 0 saturated carbocycles. The maximum atomic E-state index is 12.4. The van der Waals surface area contributed by atoms with Crippen molar-refractivity contribution in [3.8, 4) is 0 Å². The lowest BCUT2D eigenvalue weighted by Gasteiger charge is -2.18. The third-order valence-corrected chi connectivity index (χ3v) is 4.02. The summed E-state index contributed by atoms with van der Waals surface area (Å²) in [5.74, 6) is -1.15. The lowest BCUT2D eigenvalue weighted by atomic mass is 10.1. The molecule has 0 aliphatic carbocycles. The molecule has 6 N–H and O–H groups in total. The zero-order valence-electron chi connectivity index (χ0n) is 15.2. The van der Waals surface area contributed by atoms with Crippen molar-refractivity contribution in [1.29, 1.82) is 0 Å². The van der Waals surface area contributed by atoms with Crippen LogP contribution < -0.4 is 22.1 Å². The van der Waals surface area contributed by atoms with Crippen LogP contribution in [0.5, 0.6) is 0 Å². The SMILES string of the molecule is NCCCCCCCNC(=O)C(CCC(N)=O)NC(=O)c1ccccc1. The molecule has 1 unspecified atom stereocenters. The average molecular weight is 362 g/mol. The summed E-state index contributed by atoms with van der Waals surface area (Å²) < 4.78 is 0. The topological polar surface area (TPSA) is 127 Å². The van der Waals surface area contributed by atoms with E-state index >= 15 is 0 Å².